The average Bonchev–Trinajstić information content (AvgIpc) is 2.55. The van der Waals surface area contributed by atoms with Crippen LogP contribution in [0, 0.1) is 34.6 Å². The van der Waals surface area contributed by atoms with Gasteiger partial charge in [-0.25, -0.2) is 0 Å². The minimum absolute atomic E-state index is 0.297. The number of benzene rings is 1. The van der Waals surface area contributed by atoms with Crippen LogP contribution in [-0.4, -0.2) is 17.6 Å². The zero-order chi connectivity index (χ0) is 15.2. The molecule has 0 aliphatic heterocycles. The third-order valence-electron chi connectivity index (χ3n) is 3.25. The standard InChI is InChI=1S/C14H17ClN2O2S/c1-8-6-9(2)14(10(3)7-8)20(18,19)17-12(5)13(15)11(4)16-17/h6-7H,1-5H3. The van der Waals surface area contributed by atoms with Gasteiger partial charge in [0.2, 0.25) is 0 Å². The van der Waals surface area contributed by atoms with Crippen LogP contribution < -0.4 is 0 Å². The summed E-state index contributed by atoms with van der Waals surface area (Å²) in [6, 6.07) is 3.71. The molecule has 0 amide bonds. The van der Waals surface area contributed by atoms with Crippen LogP contribution in [0.1, 0.15) is 28.1 Å². The lowest BCUT2D eigenvalue weighted by molar-refractivity contribution is 0.576. The lowest BCUT2D eigenvalue weighted by Crippen LogP contribution is -2.18. The zero-order valence-corrected chi connectivity index (χ0v) is 13.7. The molecule has 0 aliphatic rings. The van der Waals surface area contributed by atoms with E-state index in [1.54, 1.807) is 27.7 Å². The molecular formula is C14H17ClN2O2S. The van der Waals surface area contributed by atoms with Crippen molar-refractivity contribution in [3.05, 3.63) is 45.2 Å². The van der Waals surface area contributed by atoms with Crippen LogP contribution in [-0.2, 0) is 10.0 Å². The Bertz CT molecular complexity index is 769. The first-order valence-corrected chi connectivity index (χ1v) is 8.03. The summed E-state index contributed by atoms with van der Waals surface area (Å²) in [6.45, 7) is 8.87. The number of aromatic nitrogens is 2. The molecule has 2 aromatic rings. The van der Waals surface area contributed by atoms with Gasteiger partial charge in [0.15, 0.2) is 0 Å². The summed E-state index contributed by atoms with van der Waals surface area (Å²) in [5.41, 5.74) is 3.40. The lowest BCUT2D eigenvalue weighted by atomic mass is 10.1. The summed E-state index contributed by atoms with van der Waals surface area (Å²) in [5.74, 6) is 0. The normalized spacial score (nSPS) is 11.9. The fraction of sp³-hybridized carbons (Fsp3) is 0.357. The van der Waals surface area contributed by atoms with Crippen molar-refractivity contribution in [1.29, 1.82) is 0 Å². The Labute approximate surface area is 124 Å². The van der Waals surface area contributed by atoms with Gasteiger partial charge in [-0.05, 0) is 45.7 Å². The maximum atomic E-state index is 12.8. The molecule has 0 spiro atoms. The summed E-state index contributed by atoms with van der Waals surface area (Å²) in [7, 11) is -3.73. The summed E-state index contributed by atoms with van der Waals surface area (Å²) >= 11 is 6.05. The third-order valence-corrected chi connectivity index (χ3v) is 5.77. The van der Waals surface area contributed by atoms with E-state index in [0.29, 0.717) is 32.4 Å². The minimum atomic E-state index is -3.73. The highest BCUT2D eigenvalue weighted by molar-refractivity contribution is 7.90. The van der Waals surface area contributed by atoms with Crippen molar-refractivity contribution in [2.45, 2.75) is 39.5 Å². The second-order valence-electron chi connectivity index (χ2n) is 5.06. The van der Waals surface area contributed by atoms with Crippen molar-refractivity contribution < 1.29 is 8.42 Å². The number of hydrogen-bond acceptors (Lipinski definition) is 3. The summed E-state index contributed by atoms with van der Waals surface area (Å²) in [6.07, 6.45) is 0. The van der Waals surface area contributed by atoms with Gasteiger partial charge in [-0.15, -0.1) is 0 Å². The van der Waals surface area contributed by atoms with Crippen LogP contribution in [0.2, 0.25) is 5.02 Å². The molecule has 4 nitrogen and oxygen atoms in total. The Hall–Kier alpha value is -1.33. The monoisotopic (exact) mass is 312 g/mol. The molecule has 0 unspecified atom stereocenters. The molecule has 1 aromatic carbocycles. The van der Waals surface area contributed by atoms with E-state index in [2.05, 4.69) is 5.10 Å². The van der Waals surface area contributed by atoms with Gasteiger partial charge in [0, 0.05) is 0 Å². The number of hydrogen-bond donors (Lipinski definition) is 0. The van der Waals surface area contributed by atoms with Crippen LogP contribution in [0.15, 0.2) is 17.0 Å². The van der Waals surface area contributed by atoms with Gasteiger partial charge in [0.25, 0.3) is 10.0 Å². The van der Waals surface area contributed by atoms with Gasteiger partial charge in [-0.2, -0.15) is 17.6 Å². The van der Waals surface area contributed by atoms with E-state index >= 15 is 0 Å². The Morgan fingerprint density at radius 3 is 1.95 bits per heavy atom. The first-order valence-electron chi connectivity index (χ1n) is 6.21. The maximum Gasteiger partial charge on any atom is 0.283 e. The van der Waals surface area contributed by atoms with Gasteiger partial charge in [-0.1, -0.05) is 29.3 Å². The number of halogens is 1. The van der Waals surface area contributed by atoms with Crippen molar-refractivity contribution in [2.75, 3.05) is 0 Å². The minimum Gasteiger partial charge on any atom is -0.199 e. The van der Waals surface area contributed by atoms with Crippen LogP contribution in [0.5, 0.6) is 0 Å². The Balaban J connectivity index is 2.77. The zero-order valence-electron chi connectivity index (χ0n) is 12.2. The van der Waals surface area contributed by atoms with E-state index in [-0.39, 0.29) is 0 Å². The molecule has 0 saturated carbocycles. The van der Waals surface area contributed by atoms with Crippen molar-refractivity contribution >= 4 is 21.6 Å². The highest BCUT2D eigenvalue weighted by Gasteiger charge is 2.26. The molecule has 20 heavy (non-hydrogen) atoms. The van der Waals surface area contributed by atoms with Crippen LogP contribution in [0.25, 0.3) is 0 Å². The predicted octanol–water partition coefficient (Wildman–Crippen LogP) is 3.32. The van der Waals surface area contributed by atoms with E-state index < -0.39 is 10.0 Å². The molecule has 1 heterocycles. The average molecular weight is 313 g/mol. The molecule has 0 atom stereocenters. The van der Waals surface area contributed by atoms with Crippen LogP contribution in [0.4, 0.5) is 0 Å². The quantitative estimate of drug-likeness (QED) is 0.854. The molecule has 0 saturated heterocycles. The summed E-state index contributed by atoms with van der Waals surface area (Å²) in [4.78, 5) is 0.297. The second-order valence-corrected chi connectivity index (χ2v) is 7.14. The van der Waals surface area contributed by atoms with Gasteiger partial charge in [0.05, 0.1) is 21.3 Å². The van der Waals surface area contributed by atoms with Crippen molar-refractivity contribution in [3.63, 3.8) is 0 Å². The van der Waals surface area contributed by atoms with E-state index in [0.717, 1.165) is 9.65 Å². The van der Waals surface area contributed by atoms with Crippen LogP contribution >= 0.6 is 11.6 Å². The Kier molecular flexibility index (Phi) is 3.69. The Morgan fingerprint density at radius 2 is 1.55 bits per heavy atom. The molecule has 0 radical (unpaired) electrons. The predicted molar refractivity (Wildman–Crippen MR) is 79.9 cm³/mol. The van der Waals surface area contributed by atoms with Gasteiger partial charge in [0.1, 0.15) is 0 Å². The summed E-state index contributed by atoms with van der Waals surface area (Å²) in [5, 5.41) is 4.44. The highest BCUT2D eigenvalue weighted by Crippen LogP contribution is 2.27. The molecule has 0 bridgehead atoms. The number of aryl methyl sites for hydroxylation is 4. The number of rotatable bonds is 2. The van der Waals surface area contributed by atoms with Gasteiger partial charge < -0.3 is 0 Å². The highest BCUT2D eigenvalue weighted by atomic mass is 35.5. The van der Waals surface area contributed by atoms with E-state index in [1.165, 1.54) is 0 Å². The smallest absolute Gasteiger partial charge is 0.199 e. The van der Waals surface area contributed by atoms with Gasteiger partial charge >= 0.3 is 0 Å². The van der Waals surface area contributed by atoms with Crippen LogP contribution in [0.3, 0.4) is 0 Å². The molecule has 0 fully saturated rings. The SMILES string of the molecule is Cc1cc(C)c(S(=O)(=O)n2nc(C)c(Cl)c2C)c(C)c1. The van der Waals surface area contributed by atoms with Crippen molar-refractivity contribution in [2.24, 2.45) is 0 Å². The molecule has 0 N–H and O–H groups in total. The maximum absolute atomic E-state index is 12.8. The van der Waals surface area contributed by atoms with E-state index in [9.17, 15) is 8.42 Å². The van der Waals surface area contributed by atoms with E-state index in [4.69, 9.17) is 11.6 Å². The molecular weight excluding hydrogens is 296 g/mol. The fourth-order valence-electron chi connectivity index (χ4n) is 2.50. The largest absolute Gasteiger partial charge is 0.283 e. The second kappa shape index (κ2) is 4.90. The first kappa shape index (κ1) is 15.1. The summed E-state index contributed by atoms with van der Waals surface area (Å²) < 4.78 is 26.7. The first-order chi connectivity index (χ1) is 9.16. The number of nitrogens with zero attached hydrogens (tertiary/aromatic N) is 2. The lowest BCUT2D eigenvalue weighted by Gasteiger charge is -2.13. The topological polar surface area (TPSA) is 52.0 Å². The molecule has 2 rings (SSSR count). The Morgan fingerprint density at radius 1 is 1.05 bits per heavy atom. The molecule has 6 heteroatoms. The molecule has 0 aliphatic carbocycles. The third kappa shape index (κ3) is 2.25. The van der Waals surface area contributed by atoms with E-state index in [1.807, 2.05) is 19.1 Å². The molecule has 1 aromatic heterocycles. The van der Waals surface area contributed by atoms with Crippen molar-refractivity contribution in [3.8, 4) is 0 Å². The molecule has 108 valence electrons. The fourth-order valence-corrected chi connectivity index (χ4v) is 4.45. The van der Waals surface area contributed by atoms with Gasteiger partial charge in [-0.3, -0.25) is 0 Å². The van der Waals surface area contributed by atoms with Crippen molar-refractivity contribution in [1.82, 2.24) is 9.19 Å².